The number of benzene rings is 1. The number of fused-ring (bicyclic) bond motifs is 1. The molecule has 1 aliphatic heterocycles. The summed E-state index contributed by atoms with van der Waals surface area (Å²) in [6.45, 7) is 0.641. The van der Waals surface area contributed by atoms with E-state index >= 15 is 0 Å². The first-order chi connectivity index (χ1) is 11.2. The highest BCUT2D eigenvalue weighted by Crippen LogP contribution is 2.33. The number of methoxy groups -OCH3 is 2. The number of hydrogen-bond acceptors (Lipinski definition) is 5. The molecule has 0 aliphatic carbocycles. The third kappa shape index (κ3) is 3.19. The molecule has 1 N–H and O–H groups in total. The quantitative estimate of drug-likeness (QED) is 0.935. The lowest BCUT2D eigenvalue weighted by Gasteiger charge is -2.28. The minimum atomic E-state index is -0.188. The zero-order valence-electron chi connectivity index (χ0n) is 12.9. The molecule has 7 heteroatoms. The number of aromatic nitrogens is 1. The van der Waals surface area contributed by atoms with Crippen molar-refractivity contribution < 1.29 is 14.3 Å². The molecule has 3 rings (SSSR count). The van der Waals surface area contributed by atoms with Crippen molar-refractivity contribution in [1.82, 2.24) is 4.98 Å². The Labute approximate surface area is 138 Å². The predicted molar refractivity (Wildman–Crippen MR) is 90.9 cm³/mol. The van der Waals surface area contributed by atoms with Gasteiger partial charge in [0.25, 0.3) is 0 Å². The number of anilines is 2. The lowest BCUT2D eigenvalue weighted by atomic mass is 10.2. The Kier molecular flexibility index (Phi) is 4.57. The maximum absolute atomic E-state index is 12.6. The maximum Gasteiger partial charge on any atom is 0.326 e. The van der Waals surface area contributed by atoms with Crippen molar-refractivity contribution in [3.05, 3.63) is 36.5 Å². The van der Waals surface area contributed by atoms with Crippen LogP contribution in [0.1, 0.15) is 0 Å². The van der Waals surface area contributed by atoms with Crippen LogP contribution in [0.3, 0.4) is 0 Å². The maximum atomic E-state index is 12.6. The number of carbonyl (C=O) groups excluding carboxylic acids is 1. The van der Waals surface area contributed by atoms with Crippen LogP contribution in [0.15, 0.2) is 41.6 Å². The summed E-state index contributed by atoms with van der Waals surface area (Å²) in [6, 6.07) is 8.83. The van der Waals surface area contributed by atoms with Crippen molar-refractivity contribution >= 4 is 29.2 Å². The summed E-state index contributed by atoms with van der Waals surface area (Å²) < 4.78 is 10.5. The SMILES string of the molecule is COc1ccc(NC(=O)N2CCSc3ncccc32)cc1OC. The Morgan fingerprint density at radius 3 is 2.87 bits per heavy atom. The molecule has 0 saturated carbocycles. The lowest BCUT2D eigenvalue weighted by molar-refractivity contribution is 0.257. The summed E-state index contributed by atoms with van der Waals surface area (Å²) in [4.78, 5) is 18.6. The first-order valence-electron chi connectivity index (χ1n) is 7.11. The van der Waals surface area contributed by atoms with Gasteiger partial charge in [-0.3, -0.25) is 4.90 Å². The summed E-state index contributed by atoms with van der Waals surface area (Å²) in [5.41, 5.74) is 1.48. The number of hydrogen-bond donors (Lipinski definition) is 1. The molecule has 23 heavy (non-hydrogen) atoms. The molecule has 0 bridgehead atoms. The summed E-state index contributed by atoms with van der Waals surface area (Å²) in [5, 5.41) is 3.77. The fraction of sp³-hybridized carbons (Fsp3) is 0.250. The van der Waals surface area contributed by atoms with Gasteiger partial charge in [0.2, 0.25) is 0 Å². The number of thioether (sulfide) groups is 1. The largest absolute Gasteiger partial charge is 0.493 e. The molecular formula is C16H17N3O3S. The number of nitrogens with zero attached hydrogens (tertiary/aromatic N) is 2. The monoisotopic (exact) mass is 331 g/mol. The van der Waals surface area contributed by atoms with E-state index in [-0.39, 0.29) is 6.03 Å². The van der Waals surface area contributed by atoms with E-state index in [2.05, 4.69) is 10.3 Å². The minimum absolute atomic E-state index is 0.188. The van der Waals surface area contributed by atoms with E-state index in [1.54, 1.807) is 55.3 Å². The number of ether oxygens (including phenoxy) is 2. The van der Waals surface area contributed by atoms with Crippen LogP contribution in [0.4, 0.5) is 16.2 Å². The number of nitrogens with one attached hydrogen (secondary N) is 1. The van der Waals surface area contributed by atoms with E-state index in [0.29, 0.717) is 23.7 Å². The van der Waals surface area contributed by atoms with Crippen LogP contribution in [0.2, 0.25) is 0 Å². The van der Waals surface area contributed by atoms with Crippen LogP contribution in [-0.4, -0.2) is 37.5 Å². The van der Waals surface area contributed by atoms with Crippen LogP contribution in [-0.2, 0) is 0 Å². The molecular weight excluding hydrogens is 314 g/mol. The van der Waals surface area contributed by atoms with Crippen molar-refractivity contribution in [3.8, 4) is 11.5 Å². The van der Waals surface area contributed by atoms with Crippen molar-refractivity contribution in [3.63, 3.8) is 0 Å². The average molecular weight is 331 g/mol. The lowest BCUT2D eigenvalue weighted by Crippen LogP contribution is -2.38. The van der Waals surface area contributed by atoms with E-state index in [0.717, 1.165) is 16.5 Å². The van der Waals surface area contributed by atoms with Gasteiger partial charge in [0, 0.05) is 30.2 Å². The van der Waals surface area contributed by atoms with Crippen LogP contribution in [0.5, 0.6) is 11.5 Å². The van der Waals surface area contributed by atoms with Gasteiger partial charge in [0.1, 0.15) is 5.03 Å². The molecule has 2 heterocycles. The van der Waals surface area contributed by atoms with E-state index in [9.17, 15) is 4.79 Å². The smallest absolute Gasteiger partial charge is 0.326 e. The Bertz CT molecular complexity index is 723. The fourth-order valence-corrected chi connectivity index (χ4v) is 3.30. The van der Waals surface area contributed by atoms with Crippen molar-refractivity contribution in [2.75, 3.05) is 36.7 Å². The van der Waals surface area contributed by atoms with Gasteiger partial charge in [-0.2, -0.15) is 0 Å². The molecule has 120 valence electrons. The first kappa shape index (κ1) is 15.5. The standard InChI is InChI=1S/C16H17N3O3S/c1-21-13-6-5-11(10-14(13)22-2)18-16(20)19-8-9-23-15-12(19)4-3-7-17-15/h3-7,10H,8-9H2,1-2H3,(H,18,20). The van der Waals surface area contributed by atoms with Crippen molar-refractivity contribution in [2.24, 2.45) is 0 Å². The summed E-state index contributed by atoms with van der Waals surface area (Å²) in [5.74, 6) is 2.01. The van der Waals surface area contributed by atoms with Gasteiger partial charge in [-0.1, -0.05) is 0 Å². The molecule has 0 radical (unpaired) electrons. The van der Waals surface area contributed by atoms with Gasteiger partial charge >= 0.3 is 6.03 Å². The highest BCUT2D eigenvalue weighted by atomic mass is 32.2. The number of rotatable bonds is 3. The average Bonchev–Trinajstić information content (AvgIpc) is 2.61. The number of urea groups is 1. The summed E-state index contributed by atoms with van der Waals surface area (Å²) >= 11 is 1.66. The van der Waals surface area contributed by atoms with E-state index < -0.39 is 0 Å². The normalized spacial score (nSPS) is 13.2. The Morgan fingerprint density at radius 2 is 2.09 bits per heavy atom. The topological polar surface area (TPSA) is 63.7 Å². The van der Waals surface area contributed by atoms with Crippen LogP contribution in [0, 0.1) is 0 Å². The predicted octanol–water partition coefficient (Wildman–Crippen LogP) is 3.24. The molecule has 0 unspecified atom stereocenters. The number of pyridine rings is 1. The molecule has 1 aromatic carbocycles. The van der Waals surface area contributed by atoms with E-state index in [4.69, 9.17) is 9.47 Å². The molecule has 0 fully saturated rings. The summed E-state index contributed by atoms with van der Waals surface area (Å²) in [6.07, 6.45) is 1.74. The second kappa shape index (κ2) is 6.78. The molecule has 6 nitrogen and oxygen atoms in total. The van der Waals surface area contributed by atoms with Crippen LogP contribution < -0.4 is 19.7 Å². The molecule has 1 aromatic heterocycles. The second-order valence-corrected chi connectivity index (χ2v) is 5.91. The van der Waals surface area contributed by atoms with Crippen LogP contribution in [0.25, 0.3) is 0 Å². The van der Waals surface area contributed by atoms with E-state index in [1.165, 1.54) is 0 Å². The Morgan fingerprint density at radius 1 is 1.26 bits per heavy atom. The first-order valence-corrected chi connectivity index (χ1v) is 8.10. The van der Waals surface area contributed by atoms with Gasteiger partial charge in [-0.05, 0) is 24.3 Å². The van der Waals surface area contributed by atoms with Gasteiger partial charge in [-0.25, -0.2) is 9.78 Å². The third-order valence-electron chi connectivity index (χ3n) is 3.48. The molecule has 0 saturated heterocycles. The number of carbonyl (C=O) groups is 1. The highest BCUT2D eigenvalue weighted by Gasteiger charge is 2.23. The van der Waals surface area contributed by atoms with Gasteiger partial charge in [0.15, 0.2) is 11.5 Å². The molecule has 1 aliphatic rings. The molecule has 2 aromatic rings. The number of amides is 2. The fourth-order valence-electron chi connectivity index (χ4n) is 2.37. The Balaban J connectivity index is 1.80. The van der Waals surface area contributed by atoms with Gasteiger partial charge in [0.05, 0.1) is 19.9 Å². The highest BCUT2D eigenvalue weighted by molar-refractivity contribution is 7.99. The van der Waals surface area contributed by atoms with Gasteiger partial charge < -0.3 is 14.8 Å². The van der Waals surface area contributed by atoms with Gasteiger partial charge in [-0.15, -0.1) is 11.8 Å². The van der Waals surface area contributed by atoms with Crippen molar-refractivity contribution in [2.45, 2.75) is 5.03 Å². The molecule has 2 amide bonds. The van der Waals surface area contributed by atoms with Crippen LogP contribution >= 0.6 is 11.8 Å². The Hall–Kier alpha value is -2.41. The molecule has 0 atom stereocenters. The molecule has 0 spiro atoms. The zero-order valence-corrected chi connectivity index (χ0v) is 13.7. The summed E-state index contributed by atoms with van der Waals surface area (Å²) in [7, 11) is 3.14. The second-order valence-electron chi connectivity index (χ2n) is 4.83. The minimum Gasteiger partial charge on any atom is -0.493 e. The van der Waals surface area contributed by atoms with Crippen molar-refractivity contribution in [1.29, 1.82) is 0 Å². The zero-order chi connectivity index (χ0) is 16.2. The third-order valence-corrected chi connectivity index (χ3v) is 4.45. The van der Waals surface area contributed by atoms with E-state index in [1.807, 2.05) is 12.1 Å².